The summed E-state index contributed by atoms with van der Waals surface area (Å²) in [4.78, 5) is 15.8. The highest BCUT2D eigenvalue weighted by molar-refractivity contribution is 5.94. The molecule has 3 aromatic rings. The van der Waals surface area contributed by atoms with E-state index in [1.807, 2.05) is 30.3 Å². The Labute approximate surface area is 136 Å². The molecule has 0 saturated carbocycles. The Morgan fingerprint density at radius 3 is 2.75 bits per heavy atom. The fourth-order valence-corrected chi connectivity index (χ4v) is 2.04. The normalized spacial score (nSPS) is 10.2. The van der Waals surface area contributed by atoms with Crippen molar-refractivity contribution < 1.29 is 13.9 Å². The molecule has 2 aromatic heterocycles. The highest BCUT2D eigenvalue weighted by atomic mass is 19.1. The van der Waals surface area contributed by atoms with Crippen molar-refractivity contribution in [1.82, 2.24) is 20.6 Å². The number of carbonyl (C=O) groups excluding carboxylic acids is 1. The summed E-state index contributed by atoms with van der Waals surface area (Å²) in [7, 11) is 1.32. The van der Waals surface area contributed by atoms with E-state index in [0.717, 1.165) is 11.6 Å². The summed E-state index contributed by atoms with van der Waals surface area (Å²) in [6, 6.07) is 12.2. The molecule has 1 amide bonds. The SMILES string of the molecule is COc1ncc(NNC(=O)c2cc(-c3ccccc3)n[nH]2)cc1F. The zero-order valence-corrected chi connectivity index (χ0v) is 12.7. The molecule has 8 heteroatoms. The minimum Gasteiger partial charge on any atom is -0.479 e. The van der Waals surface area contributed by atoms with E-state index in [4.69, 9.17) is 4.74 Å². The Morgan fingerprint density at radius 1 is 1.25 bits per heavy atom. The van der Waals surface area contributed by atoms with E-state index in [-0.39, 0.29) is 17.3 Å². The van der Waals surface area contributed by atoms with Crippen LogP contribution in [0.5, 0.6) is 5.88 Å². The van der Waals surface area contributed by atoms with Crippen LogP contribution in [-0.4, -0.2) is 28.2 Å². The number of pyridine rings is 1. The molecule has 24 heavy (non-hydrogen) atoms. The molecule has 3 N–H and O–H groups in total. The molecule has 0 aliphatic heterocycles. The Bertz CT molecular complexity index is 851. The van der Waals surface area contributed by atoms with Crippen LogP contribution in [0.15, 0.2) is 48.7 Å². The third-order valence-corrected chi connectivity index (χ3v) is 3.21. The van der Waals surface area contributed by atoms with Crippen molar-refractivity contribution in [3.8, 4) is 17.1 Å². The number of aromatic amines is 1. The summed E-state index contributed by atoms with van der Waals surface area (Å²) >= 11 is 0. The summed E-state index contributed by atoms with van der Waals surface area (Å²) < 4.78 is 18.3. The van der Waals surface area contributed by atoms with Gasteiger partial charge in [-0.1, -0.05) is 30.3 Å². The smallest absolute Gasteiger partial charge is 0.287 e. The van der Waals surface area contributed by atoms with Gasteiger partial charge in [-0.25, -0.2) is 9.37 Å². The maximum Gasteiger partial charge on any atom is 0.287 e. The first-order valence-electron chi connectivity index (χ1n) is 7.04. The molecule has 0 radical (unpaired) electrons. The minimum atomic E-state index is -0.635. The maximum atomic E-state index is 13.5. The highest BCUT2D eigenvalue weighted by Crippen LogP contribution is 2.18. The Balaban J connectivity index is 1.65. The second kappa shape index (κ2) is 6.78. The predicted molar refractivity (Wildman–Crippen MR) is 85.9 cm³/mol. The van der Waals surface area contributed by atoms with Gasteiger partial charge in [0.05, 0.1) is 24.7 Å². The van der Waals surface area contributed by atoms with E-state index < -0.39 is 11.7 Å². The molecule has 0 aliphatic carbocycles. The van der Waals surface area contributed by atoms with Crippen molar-refractivity contribution in [3.05, 3.63) is 60.2 Å². The van der Waals surface area contributed by atoms with Crippen LogP contribution in [-0.2, 0) is 0 Å². The quantitative estimate of drug-likeness (QED) is 0.626. The number of amides is 1. The van der Waals surface area contributed by atoms with Gasteiger partial charge in [-0.3, -0.25) is 20.7 Å². The van der Waals surface area contributed by atoms with E-state index in [9.17, 15) is 9.18 Å². The van der Waals surface area contributed by atoms with Crippen LogP contribution in [0.2, 0.25) is 0 Å². The average molecular weight is 327 g/mol. The number of halogens is 1. The van der Waals surface area contributed by atoms with Crippen molar-refractivity contribution in [2.24, 2.45) is 0 Å². The van der Waals surface area contributed by atoms with Gasteiger partial charge in [0, 0.05) is 11.6 Å². The number of hydrazine groups is 1. The summed E-state index contributed by atoms with van der Waals surface area (Å²) in [6.45, 7) is 0. The lowest BCUT2D eigenvalue weighted by atomic mass is 10.1. The van der Waals surface area contributed by atoms with Crippen molar-refractivity contribution in [2.45, 2.75) is 0 Å². The molecule has 1 aromatic carbocycles. The molecule has 3 rings (SSSR count). The van der Waals surface area contributed by atoms with Crippen LogP contribution in [0.25, 0.3) is 11.3 Å². The number of rotatable bonds is 5. The minimum absolute atomic E-state index is 0.118. The van der Waals surface area contributed by atoms with E-state index in [1.54, 1.807) is 6.07 Å². The molecule has 0 fully saturated rings. The lowest BCUT2D eigenvalue weighted by molar-refractivity contribution is 0.0957. The third-order valence-electron chi connectivity index (χ3n) is 3.21. The Kier molecular flexibility index (Phi) is 4.37. The van der Waals surface area contributed by atoms with E-state index in [1.165, 1.54) is 13.3 Å². The average Bonchev–Trinajstić information content (AvgIpc) is 3.11. The van der Waals surface area contributed by atoms with Gasteiger partial charge in [-0.15, -0.1) is 0 Å². The lowest BCUT2D eigenvalue weighted by Crippen LogP contribution is -2.29. The van der Waals surface area contributed by atoms with Crippen molar-refractivity contribution in [3.63, 3.8) is 0 Å². The van der Waals surface area contributed by atoms with Gasteiger partial charge in [0.2, 0.25) is 5.88 Å². The zero-order chi connectivity index (χ0) is 16.9. The molecular formula is C16H14FN5O2. The Morgan fingerprint density at radius 2 is 2.04 bits per heavy atom. The second-order valence-corrected chi connectivity index (χ2v) is 4.83. The zero-order valence-electron chi connectivity index (χ0n) is 12.7. The first-order chi connectivity index (χ1) is 11.7. The second-order valence-electron chi connectivity index (χ2n) is 4.83. The number of methoxy groups -OCH3 is 1. The van der Waals surface area contributed by atoms with E-state index >= 15 is 0 Å². The molecule has 0 spiro atoms. The number of benzene rings is 1. The fraction of sp³-hybridized carbons (Fsp3) is 0.0625. The van der Waals surface area contributed by atoms with Gasteiger partial charge in [-0.2, -0.15) is 5.10 Å². The topological polar surface area (TPSA) is 91.9 Å². The predicted octanol–water partition coefficient (Wildman–Crippen LogP) is 2.38. The third kappa shape index (κ3) is 3.32. The maximum absolute atomic E-state index is 13.5. The molecule has 0 bridgehead atoms. The summed E-state index contributed by atoms with van der Waals surface area (Å²) in [5, 5.41) is 6.75. The number of nitrogens with one attached hydrogen (secondary N) is 3. The van der Waals surface area contributed by atoms with Crippen LogP contribution in [0, 0.1) is 5.82 Å². The van der Waals surface area contributed by atoms with Gasteiger partial charge < -0.3 is 4.74 Å². The first kappa shape index (κ1) is 15.5. The van der Waals surface area contributed by atoms with Crippen LogP contribution in [0.3, 0.4) is 0 Å². The monoisotopic (exact) mass is 327 g/mol. The number of H-pyrrole nitrogens is 1. The number of hydrogen-bond acceptors (Lipinski definition) is 5. The molecule has 0 aliphatic rings. The molecular weight excluding hydrogens is 313 g/mol. The van der Waals surface area contributed by atoms with E-state index in [0.29, 0.717) is 5.69 Å². The van der Waals surface area contributed by atoms with Crippen LogP contribution < -0.4 is 15.6 Å². The number of aromatic nitrogens is 3. The number of ether oxygens (including phenoxy) is 1. The van der Waals surface area contributed by atoms with Crippen molar-refractivity contribution in [1.29, 1.82) is 0 Å². The molecule has 0 unspecified atom stereocenters. The number of carbonyl (C=O) groups is 1. The van der Waals surface area contributed by atoms with Crippen molar-refractivity contribution in [2.75, 3.05) is 12.5 Å². The molecule has 0 atom stereocenters. The highest BCUT2D eigenvalue weighted by Gasteiger charge is 2.11. The van der Waals surface area contributed by atoms with Crippen LogP contribution in [0.4, 0.5) is 10.1 Å². The Hall–Kier alpha value is -3.42. The number of hydrogen-bond donors (Lipinski definition) is 3. The van der Waals surface area contributed by atoms with Crippen molar-refractivity contribution >= 4 is 11.6 Å². The van der Waals surface area contributed by atoms with E-state index in [2.05, 4.69) is 26.0 Å². The van der Waals surface area contributed by atoms with Gasteiger partial charge in [-0.05, 0) is 6.07 Å². The van der Waals surface area contributed by atoms with Gasteiger partial charge >= 0.3 is 0 Å². The largest absolute Gasteiger partial charge is 0.479 e. The number of anilines is 1. The van der Waals surface area contributed by atoms with Crippen LogP contribution >= 0.6 is 0 Å². The summed E-state index contributed by atoms with van der Waals surface area (Å²) in [5.41, 5.74) is 7.11. The molecule has 122 valence electrons. The standard InChI is InChI=1S/C16H14FN5O2/c1-24-16-12(17)7-11(9-18-16)19-22-15(23)14-8-13(20-21-14)10-5-3-2-4-6-10/h2-9,19H,1H3,(H,20,21)(H,22,23). The first-order valence-corrected chi connectivity index (χ1v) is 7.04. The summed E-state index contributed by atoms with van der Waals surface area (Å²) in [5.74, 6) is -1.20. The van der Waals surface area contributed by atoms with Crippen LogP contribution in [0.1, 0.15) is 10.5 Å². The molecule has 2 heterocycles. The van der Waals surface area contributed by atoms with Gasteiger partial charge in [0.15, 0.2) is 5.82 Å². The van der Waals surface area contributed by atoms with Gasteiger partial charge in [0.1, 0.15) is 5.69 Å². The van der Waals surface area contributed by atoms with Gasteiger partial charge in [0.25, 0.3) is 5.91 Å². The number of nitrogens with zero attached hydrogens (tertiary/aromatic N) is 2. The fourth-order valence-electron chi connectivity index (χ4n) is 2.04. The molecule has 0 saturated heterocycles. The summed E-state index contributed by atoms with van der Waals surface area (Å²) in [6.07, 6.45) is 1.34. The molecule has 7 nitrogen and oxygen atoms in total. The lowest BCUT2D eigenvalue weighted by Gasteiger charge is -2.08.